The molecule has 1 rings (SSSR count). The highest BCUT2D eigenvalue weighted by Crippen LogP contribution is 2.33. The Morgan fingerprint density at radius 2 is 1.89 bits per heavy atom. The predicted octanol–water partition coefficient (Wildman–Crippen LogP) is 2.54. The second-order valence-electron chi connectivity index (χ2n) is 3.83. The summed E-state index contributed by atoms with van der Waals surface area (Å²) in [5.41, 5.74) is 0.876. The van der Waals surface area contributed by atoms with E-state index in [9.17, 15) is 4.79 Å². The molecule has 1 amide bonds. The average Bonchev–Trinajstić information content (AvgIpc) is 2.38. The third-order valence-electron chi connectivity index (χ3n) is 2.48. The summed E-state index contributed by atoms with van der Waals surface area (Å²) in [6.45, 7) is 2.72. The zero-order valence-corrected chi connectivity index (χ0v) is 12.5. The molecule has 0 aliphatic heterocycles. The molecule has 18 heavy (non-hydrogen) atoms. The van der Waals surface area contributed by atoms with Crippen LogP contribution in [-0.2, 0) is 11.2 Å². The Labute approximate surface area is 116 Å². The molecular weight excluding hydrogens is 298 g/mol. The molecule has 4 nitrogen and oxygen atoms in total. The van der Waals surface area contributed by atoms with Crippen molar-refractivity contribution >= 4 is 21.8 Å². The van der Waals surface area contributed by atoms with Crippen LogP contribution in [0, 0.1) is 0 Å². The number of nitrogens with one attached hydrogen (secondary N) is 1. The van der Waals surface area contributed by atoms with E-state index >= 15 is 0 Å². The van der Waals surface area contributed by atoms with Crippen molar-refractivity contribution in [1.82, 2.24) is 5.32 Å². The lowest BCUT2D eigenvalue weighted by Gasteiger charge is -2.11. The van der Waals surface area contributed by atoms with Gasteiger partial charge in [0.05, 0.1) is 20.6 Å². The monoisotopic (exact) mass is 315 g/mol. The number of methoxy groups -OCH3 is 2. The van der Waals surface area contributed by atoms with Crippen LogP contribution >= 0.6 is 15.9 Å². The van der Waals surface area contributed by atoms with Crippen LogP contribution in [0.3, 0.4) is 0 Å². The molecule has 1 N–H and O–H groups in total. The SMILES string of the molecule is CCCNC(=O)Cc1cc(OC)c(OC)cc1Br. The van der Waals surface area contributed by atoms with Gasteiger partial charge in [0.15, 0.2) is 11.5 Å². The topological polar surface area (TPSA) is 47.6 Å². The van der Waals surface area contributed by atoms with Gasteiger partial charge in [-0.2, -0.15) is 0 Å². The molecule has 0 saturated carbocycles. The fraction of sp³-hybridized carbons (Fsp3) is 0.462. The van der Waals surface area contributed by atoms with E-state index in [1.807, 2.05) is 13.0 Å². The fourth-order valence-corrected chi connectivity index (χ4v) is 1.99. The molecule has 0 saturated heterocycles. The lowest BCUT2D eigenvalue weighted by atomic mass is 10.1. The van der Waals surface area contributed by atoms with Gasteiger partial charge in [0.25, 0.3) is 0 Å². The maximum absolute atomic E-state index is 11.7. The highest BCUT2D eigenvalue weighted by Gasteiger charge is 2.12. The number of hydrogen-bond donors (Lipinski definition) is 1. The van der Waals surface area contributed by atoms with Crippen LogP contribution in [0.15, 0.2) is 16.6 Å². The summed E-state index contributed by atoms with van der Waals surface area (Å²) in [5, 5.41) is 2.84. The van der Waals surface area contributed by atoms with E-state index in [1.54, 1.807) is 20.3 Å². The van der Waals surface area contributed by atoms with E-state index in [-0.39, 0.29) is 5.91 Å². The quantitative estimate of drug-likeness (QED) is 0.877. The number of rotatable bonds is 6. The van der Waals surface area contributed by atoms with Crippen molar-refractivity contribution in [2.24, 2.45) is 0 Å². The van der Waals surface area contributed by atoms with Gasteiger partial charge in [-0.1, -0.05) is 22.9 Å². The van der Waals surface area contributed by atoms with Crippen LogP contribution < -0.4 is 14.8 Å². The molecule has 0 aromatic heterocycles. The van der Waals surface area contributed by atoms with Crippen LogP contribution in [0.25, 0.3) is 0 Å². The van der Waals surface area contributed by atoms with Crippen molar-refractivity contribution in [2.75, 3.05) is 20.8 Å². The number of halogens is 1. The molecule has 0 aliphatic carbocycles. The Kier molecular flexibility index (Phi) is 5.98. The van der Waals surface area contributed by atoms with Crippen molar-refractivity contribution in [1.29, 1.82) is 0 Å². The van der Waals surface area contributed by atoms with Crippen LogP contribution in [0.2, 0.25) is 0 Å². The van der Waals surface area contributed by atoms with Crippen LogP contribution in [0.4, 0.5) is 0 Å². The first-order chi connectivity index (χ1) is 8.62. The second kappa shape index (κ2) is 7.26. The van der Waals surface area contributed by atoms with Crippen molar-refractivity contribution in [2.45, 2.75) is 19.8 Å². The lowest BCUT2D eigenvalue weighted by molar-refractivity contribution is -0.120. The van der Waals surface area contributed by atoms with Gasteiger partial charge in [0.2, 0.25) is 5.91 Å². The van der Waals surface area contributed by atoms with Crippen LogP contribution in [-0.4, -0.2) is 26.7 Å². The van der Waals surface area contributed by atoms with Gasteiger partial charge < -0.3 is 14.8 Å². The van der Waals surface area contributed by atoms with Gasteiger partial charge in [-0.3, -0.25) is 4.79 Å². The molecule has 0 heterocycles. The molecule has 1 aromatic carbocycles. The summed E-state index contributed by atoms with van der Waals surface area (Å²) in [6.07, 6.45) is 1.25. The van der Waals surface area contributed by atoms with Crippen molar-refractivity contribution in [3.63, 3.8) is 0 Å². The first-order valence-electron chi connectivity index (χ1n) is 5.79. The van der Waals surface area contributed by atoms with Gasteiger partial charge in [-0.05, 0) is 24.1 Å². The molecule has 100 valence electrons. The van der Waals surface area contributed by atoms with Crippen molar-refractivity contribution in [3.8, 4) is 11.5 Å². The Balaban J connectivity index is 2.85. The number of hydrogen-bond acceptors (Lipinski definition) is 3. The molecule has 5 heteroatoms. The number of carbonyl (C=O) groups is 1. The Hall–Kier alpha value is -1.23. The molecule has 0 bridgehead atoms. The predicted molar refractivity (Wildman–Crippen MR) is 74.3 cm³/mol. The maximum Gasteiger partial charge on any atom is 0.224 e. The standard InChI is InChI=1S/C13H18BrNO3/c1-4-5-15-13(16)7-9-6-11(17-2)12(18-3)8-10(9)14/h6,8H,4-5,7H2,1-3H3,(H,15,16). The largest absolute Gasteiger partial charge is 0.493 e. The van der Waals surface area contributed by atoms with Gasteiger partial charge >= 0.3 is 0 Å². The Morgan fingerprint density at radius 3 is 2.44 bits per heavy atom. The van der Waals surface area contributed by atoms with E-state index < -0.39 is 0 Å². The summed E-state index contributed by atoms with van der Waals surface area (Å²) >= 11 is 3.43. The fourth-order valence-electron chi connectivity index (χ4n) is 1.53. The zero-order valence-electron chi connectivity index (χ0n) is 10.9. The zero-order chi connectivity index (χ0) is 13.5. The average molecular weight is 316 g/mol. The van der Waals surface area contributed by atoms with Gasteiger partial charge in [-0.15, -0.1) is 0 Å². The summed E-state index contributed by atoms with van der Waals surface area (Å²) < 4.78 is 11.2. The minimum atomic E-state index is 0.00442. The normalized spacial score (nSPS) is 10.0. The Morgan fingerprint density at radius 1 is 1.28 bits per heavy atom. The van der Waals surface area contributed by atoms with E-state index in [0.717, 1.165) is 16.5 Å². The van der Waals surface area contributed by atoms with Gasteiger partial charge in [0.1, 0.15) is 0 Å². The van der Waals surface area contributed by atoms with E-state index in [1.165, 1.54) is 0 Å². The van der Waals surface area contributed by atoms with Crippen molar-refractivity contribution < 1.29 is 14.3 Å². The van der Waals surface area contributed by atoms with Crippen LogP contribution in [0.1, 0.15) is 18.9 Å². The number of benzene rings is 1. The van der Waals surface area contributed by atoms with Gasteiger partial charge in [0, 0.05) is 11.0 Å². The highest BCUT2D eigenvalue weighted by atomic mass is 79.9. The molecule has 0 fully saturated rings. The first-order valence-corrected chi connectivity index (χ1v) is 6.58. The summed E-state index contributed by atoms with van der Waals surface area (Å²) in [7, 11) is 3.16. The van der Waals surface area contributed by atoms with E-state index in [4.69, 9.17) is 9.47 Å². The number of amides is 1. The molecule has 0 spiro atoms. The highest BCUT2D eigenvalue weighted by molar-refractivity contribution is 9.10. The summed E-state index contributed by atoms with van der Waals surface area (Å²) in [4.78, 5) is 11.7. The molecule has 1 aromatic rings. The molecule has 0 atom stereocenters. The second-order valence-corrected chi connectivity index (χ2v) is 4.68. The third-order valence-corrected chi connectivity index (χ3v) is 3.21. The first kappa shape index (κ1) is 14.8. The number of carbonyl (C=O) groups excluding carboxylic acids is 1. The smallest absolute Gasteiger partial charge is 0.224 e. The lowest BCUT2D eigenvalue weighted by Crippen LogP contribution is -2.25. The minimum absolute atomic E-state index is 0.00442. The minimum Gasteiger partial charge on any atom is -0.493 e. The molecule has 0 unspecified atom stereocenters. The van der Waals surface area contributed by atoms with Crippen LogP contribution in [0.5, 0.6) is 11.5 Å². The number of ether oxygens (including phenoxy) is 2. The van der Waals surface area contributed by atoms with E-state index in [2.05, 4.69) is 21.2 Å². The van der Waals surface area contributed by atoms with E-state index in [0.29, 0.717) is 24.5 Å². The molecule has 0 aliphatic rings. The maximum atomic E-state index is 11.7. The third kappa shape index (κ3) is 3.91. The Bertz CT molecular complexity index is 421. The van der Waals surface area contributed by atoms with Crippen molar-refractivity contribution in [3.05, 3.63) is 22.2 Å². The molecular formula is C13H18BrNO3. The van der Waals surface area contributed by atoms with Gasteiger partial charge in [-0.25, -0.2) is 0 Å². The molecule has 0 radical (unpaired) electrons. The summed E-state index contributed by atoms with van der Waals surface area (Å²) in [5.74, 6) is 1.27. The summed E-state index contributed by atoms with van der Waals surface area (Å²) in [6, 6.07) is 3.62.